The number of ether oxygens (including phenoxy) is 1. The normalized spacial score (nSPS) is 11.8. The molecule has 3 rings (SSSR count). The number of nitrogens with zero attached hydrogens (tertiary/aromatic N) is 3. The lowest BCUT2D eigenvalue weighted by molar-refractivity contribution is -0.274. The quantitative estimate of drug-likeness (QED) is 0.745. The first kappa shape index (κ1) is 14.6. The molecule has 2 aromatic heterocycles. The van der Waals surface area contributed by atoms with Crippen LogP contribution in [-0.4, -0.2) is 21.1 Å². The van der Waals surface area contributed by atoms with E-state index in [1.54, 1.807) is 6.07 Å². The number of hydrogen-bond donors (Lipinski definition) is 1. The number of nitrogens with two attached hydrogens (primary N) is 1. The van der Waals surface area contributed by atoms with Crippen LogP contribution in [0.4, 0.5) is 18.9 Å². The van der Waals surface area contributed by atoms with Crippen LogP contribution in [-0.2, 0) is 0 Å². The molecule has 1 aromatic carbocycles. The number of aromatic nitrogens is 3. The van der Waals surface area contributed by atoms with Crippen molar-refractivity contribution in [3.8, 4) is 11.4 Å². The molecule has 5 nitrogen and oxygen atoms in total. The minimum atomic E-state index is -4.72. The molecule has 0 unspecified atom stereocenters. The molecule has 0 aliphatic carbocycles. The van der Waals surface area contributed by atoms with E-state index in [1.807, 2.05) is 0 Å². The van der Waals surface area contributed by atoms with Gasteiger partial charge >= 0.3 is 6.36 Å². The fraction of sp³-hybridized carbons (Fsp3) is 0.0769. The number of nitrogen functional groups attached to an aromatic ring is 1. The number of halogens is 4. The summed E-state index contributed by atoms with van der Waals surface area (Å²) < 4.78 is 42.3. The summed E-state index contributed by atoms with van der Waals surface area (Å²) in [4.78, 5) is 4.19. The van der Waals surface area contributed by atoms with Gasteiger partial charge in [0.05, 0.1) is 23.0 Å². The van der Waals surface area contributed by atoms with Gasteiger partial charge in [0, 0.05) is 0 Å². The Labute approximate surface area is 130 Å². The zero-order valence-electron chi connectivity index (χ0n) is 10.8. The van der Waals surface area contributed by atoms with Gasteiger partial charge in [0.15, 0.2) is 5.65 Å². The Morgan fingerprint density at radius 3 is 2.50 bits per heavy atom. The van der Waals surface area contributed by atoms with E-state index in [0.29, 0.717) is 27.0 Å². The highest BCUT2D eigenvalue weighted by Crippen LogP contribution is 2.28. The molecular weight excluding hydrogens is 365 g/mol. The van der Waals surface area contributed by atoms with Crippen LogP contribution >= 0.6 is 15.9 Å². The number of rotatable bonds is 2. The maximum absolute atomic E-state index is 12.1. The fourth-order valence-electron chi connectivity index (χ4n) is 1.95. The number of alkyl halides is 3. The molecule has 0 spiro atoms. The highest BCUT2D eigenvalue weighted by atomic mass is 79.9. The molecule has 0 bridgehead atoms. The summed E-state index contributed by atoms with van der Waals surface area (Å²) in [6.07, 6.45) is -3.24. The van der Waals surface area contributed by atoms with Crippen molar-refractivity contribution in [3.63, 3.8) is 0 Å². The second-order valence-corrected chi connectivity index (χ2v) is 5.14. The first-order chi connectivity index (χ1) is 10.3. The molecule has 0 aliphatic rings. The van der Waals surface area contributed by atoms with Crippen molar-refractivity contribution >= 4 is 32.7 Å². The summed E-state index contributed by atoms with van der Waals surface area (Å²) in [6.45, 7) is 0. The van der Waals surface area contributed by atoms with Crippen LogP contribution in [0.3, 0.4) is 0 Å². The standard InChI is InChI=1S/C13H8BrF3N4O/c14-11-10-5-7(18)6-19-12(10)21(20-11)8-1-3-9(4-2-8)22-13(15,16)17/h1-6H,18H2. The van der Waals surface area contributed by atoms with Crippen molar-refractivity contribution in [2.75, 3.05) is 5.73 Å². The number of fused-ring (bicyclic) bond motifs is 1. The zero-order chi connectivity index (χ0) is 15.9. The van der Waals surface area contributed by atoms with Crippen molar-refractivity contribution in [2.24, 2.45) is 0 Å². The number of anilines is 1. The fourth-order valence-corrected chi connectivity index (χ4v) is 2.40. The smallest absolute Gasteiger partial charge is 0.406 e. The lowest BCUT2D eigenvalue weighted by Crippen LogP contribution is -2.17. The van der Waals surface area contributed by atoms with E-state index in [2.05, 4.69) is 30.7 Å². The monoisotopic (exact) mass is 372 g/mol. The molecule has 0 saturated heterocycles. The van der Waals surface area contributed by atoms with Crippen LogP contribution < -0.4 is 10.5 Å². The Hall–Kier alpha value is -2.29. The Balaban J connectivity index is 2.01. The van der Waals surface area contributed by atoms with Gasteiger partial charge < -0.3 is 10.5 Å². The van der Waals surface area contributed by atoms with Crippen LogP contribution in [0.5, 0.6) is 5.75 Å². The third-order valence-corrected chi connectivity index (χ3v) is 3.40. The van der Waals surface area contributed by atoms with Gasteiger partial charge in [0.2, 0.25) is 0 Å². The van der Waals surface area contributed by atoms with Gasteiger partial charge in [0.25, 0.3) is 0 Å². The number of hydrogen-bond acceptors (Lipinski definition) is 4. The van der Waals surface area contributed by atoms with Crippen LogP contribution in [0.15, 0.2) is 41.1 Å². The third kappa shape index (κ3) is 2.84. The van der Waals surface area contributed by atoms with E-state index < -0.39 is 6.36 Å². The second-order valence-electron chi connectivity index (χ2n) is 4.38. The summed E-state index contributed by atoms with van der Waals surface area (Å²) in [5.41, 5.74) is 7.24. The molecule has 0 radical (unpaired) electrons. The largest absolute Gasteiger partial charge is 0.573 e. The van der Waals surface area contributed by atoms with E-state index in [0.717, 1.165) is 0 Å². The Morgan fingerprint density at radius 2 is 1.86 bits per heavy atom. The minimum absolute atomic E-state index is 0.302. The average Bonchev–Trinajstić information content (AvgIpc) is 2.75. The second kappa shape index (κ2) is 5.16. The van der Waals surface area contributed by atoms with Gasteiger partial charge in [-0.3, -0.25) is 0 Å². The molecular formula is C13H8BrF3N4O. The van der Waals surface area contributed by atoms with Crippen molar-refractivity contribution in [1.29, 1.82) is 0 Å². The van der Waals surface area contributed by atoms with Crippen molar-refractivity contribution in [1.82, 2.24) is 14.8 Å². The predicted octanol–water partition coefficient (Wildman–Crippen LogP) is 3.66. The lowest BCUT2D eigenvalue weighted by Gasteiger charge is -2.09. The van der Waals surface area contributed by atoms with E-state index >= 15 is 0 Å². The molecule has 0 fully saturated rings. The molecule has 0 aliphatic heterocycles. The van der Waals surface area contributed by atoms with E-state index in [1.165, 1.54) is 35.1 Å². The molecule has 2 N–H and O–H groups in total. The minimum Gasteiger partial charge on any atom is -0.406 e. The highest BCUT2D eigenvalue weighted by molar-refractivity contribution is 9.10. The topological polar surface area (TPSA) is 66.0 Å². The SMILES string of the molecule is Nc1cnc2c(c1)c(Br)nn2-c1ccc(OC(F)(F)F)cc1. The van der Waals surface area contributed by atoms with Crippen LogP contribution in [0.2, 0.25) is 0 Å². The first-order valence-electron chi connectivity index (χ1n) is 5.99. The highest BCUT2D eigenvalue weighted by Gasteiger charge is 2.31. The van der Waals surface area contributed by atoms with Crippen LogP contribution in [0.1, 0.15) is 0 Å². The summed E-state index contributed by atoms with van der Waals surface area (Å²) in [5, 5.41) is 4.96. The number of benzene rings is 1. The summed E-state index contributed by atoms with van der Waals surface area (Å²) in [7, 11) is 0. The maximum Gasteiger partial charge on any atom is 0.573 e. The summed E-state index contributed by atoms with van der Waals surface area (Å²) in [5.74, 6) is -0.302. The first-order valence-corrected chi connectivity index (χ1v) is 6.79. The molecule has 0 amide bonds. The van der Waals surface area contributed by atoms with E-state index in [-0.39, 0.29) is 5.75 Å². The van der Waals surface area contributed by atoms with Gasteiger partial charge in [-0.25, -0.2) is 9.67 Å². The van der Waals surface area contributed by atoms with Gasteiger partial charge in [-0.2, -0.15) is 5.10 Å². The van der Waals surface area contributed by atoms with Crippen molar-refractivity contribution < 1.29 is 17.9 Å². The van der Waals surface area contributed by atoms with E-state index in [9.17, 15) is 13.2 Å². The molecule has 3 aromatic rings. The average molecular weight is 373 g/mol. The molecule has 0 atom stereocenters. The Kier molecular flexibility index (Phi) is 3.44. The molecule has 2 heterocycles. The maximum atomic E-state index is 12.1. The predicted molar refractivity (Wildman–Crippen MR) is 77.7 cm³/mol. The molecule has 9 heteroatoms. The Bertz CT molecular complexity index is 830. The third-order valence-electron chi connectivity index (χ3n) is 2.81. The Morgan fingerprint density at radius 1 is 1.18 bits per heavy atom. The zero-order valence-corrected chi connectivity index (χ0v) is 12.4. The van der Waals surface area contributed by atoms with Gasteiger partial charge in [-0.1, -0.05) is 0 Å². The molecule has 114 valence electrons. The van der Waals surface area contributed by atoms with Crippen LogP contribution in [0.25, 0.3) is 16.7 Å². The molecule has 22 heavy (non-hydrogen) atoms. The van der Waals surface area contributed by atoms with E-state index in [4.69, 9.17) is 5.73 Å². The van der Waals surface area contributed by atoms with Crippen molar-refractivity contribution in [3.05, 3.63) is 41.1 Å². The van der Waals surface area contributed by atoms with Gasteiger partial charge in [-0.15, -0.1) is 13.2 Å². The van der Waals surface area contributed by atoms with Crippen LogP contribution in [0, 0.1) is 0 Å². The molecule has 0 saturated carbocycles. The summed E-state index contributed by atoms with van der Waals surface area (Å²) >= 11 is 3.30. The summed E-state index contributed by atoms with van der Waals surface area (Å²) in [6, 6.07) is 7.04. The lowest BCUT2D eigenvalue weighted by atomic mass is 10.3. The van der Waals surface area contributed by atoms with Gasteiger partial charge in [-0.05, 0) is 46.3 Å². The van der Waals surface area contributed by atoms with Gasteiger partial charge in [0.1, 0.15) is 10.4 Å². The number of pyridine rings is 1. The van der Waals surface area contributed by atoms with Crippen molar-refractivity contribution in [2.45, 2.75) is 6.36 Å².